The molecule has 18 heavy (non-hydrogen) atoms. The maximum Gasteiger partial charge on any atom is 0.309 e. The van der Waals surface area contributed by atoms with Gasteiger partial charge in [-0.2, -0.15) is 0 Å². The molecule has 2 aliphatic carbocycles. The normalized spacial score (nSPS) is 37.9. The van der Waals surface area contributed by atoms with Crippen LogP contribution in [0, 0.1) is 10.8 Å². The Morgan fingerprint density at radius 2 is 1.72 bits per heavy atom. The third kappa shape index (κ3) is 1.43. The lowest BCUT2D eigenvalue weighted by atomic mass is 9.82. The van der Waals surface area contributed by atoms with Crippen molar-refractivity contribution in [3.63, 3.8) is 0 Å². The molecule has 1 aliphatic heterocycles. The fraction of sp³-hybridized carbons (Fsp3) is 0.615. The summed E-state index contributed by atoms with van der Waals surface area (Å²) in [5.41, 5.74) is -0.755. The van der Waals surface area contributed by atoms with Gasteiger partial charge in [-0.15, -0.1) is 0 Å². The van der Waals surface area contributed by atoms with Gasteiger partial charge in [0.2, 0.25) is 0 Å². The zero-order valence-corrected chi connectivity index (χ0v) is 10.0. The molecule has 2 fully saturated rings. The first-order valence-electron chi connectivity index (χ1n) is 6.23. The van der Waals surface area contributed by atoms with E-state index < -0.39 is 11.4 Å². The number of imide groups is 1. The first-order valence-corrected chi connectivity index (χ1v) is 6.23. The van der Waals surface area contributed by atoms with Crippen LogP contribution in [0.25, 0.3) is 0 Å². The molecule has 3 rings (SSSR count). The van der Waals surface area contributed by atoms with Gasteiger partial charge in [-0.1, -0.05) is 0 Å². The van der Waals surface area contributed by atoms with Gasteiger partial charge < -0.3 is 5.11 Å². The van der Waals surface area contributed by atoms with Gasteiger partial charge >= 0.3 is 5.97 Å². The summed E-state index contributed by atoms with van der Waals surface area (Å²) in [5, 5.41) is 9.31. The lowest BCUT2D eigenvalue weighted by Gasteiger charge is -2.30. The summed E-state index contributed by atoms with van der Waals surface area (Å²) in [5.74, 6) is -1.26. The van der Waals surface area contributed by atoms with E-state index in [2.05, 4.69) is 0 Å². The van der Waals surface area contributed by atoms with Crippen LogP contribution in [0.1, 0.15) is 32.1 Å². The Morgan fingerprint density at radius 1 is 1.17 bits per heavy atom. The minimum absolute atomic E-state index is 0.157. The molecular formula is C13H15NO4. The number of carbonyl (C=O) groups excluding carboxylic acids is 2. The Hall–Kier alpha value is -1.65. The molecule has 2 saturated carbocycles. The maximum atomic E-state index is 11.6. The summed E-state index contributed by atoms with van der Waals surface area (Å²) in [6.45, 7) is 0.382. The zero-order valence-electron chi connectivity index (χ0n) is 10.0. The highest BCUT2D eigenvalue weighted by molar-refractivity contribution is 6.12. The van der Waals surface area contributed by atoms with Crippen molar-refractivity contribution in [2.75, 3.05) is 6.54 Å². The Morgan fingerprint density at radius 3 is 2.17 bits per heavy atom. The molecule has 0 aromatic carbocycles. The van der Waals surface area contributed by atoms with Crippen LogP contribution in [0.2, 0.25) is 0 Å². The highest BCUT2D eigenvalue weighted by atomic mass is 16.4. The number of hydrogen-bond donors (Lipinski definition) is 1. The molecule has 0 atom stereocenters. The molecular weight excluding hydrogens is 234 g/mol. The van der Waals surface area contributed by atoms with E-state index in [1.54, 1.807) is 0 Å². The number of carboxylic acid groups (broad SMARTS) is 1. The van der Waals surface area contributed by atoms with Crippen LogP contribution < -0.4 is 0 Å². The van der Waals surface area contributed by atoms with Gasteiger partial charge in [-0.05, 0) is 37.5 Å². The lowest BCUT2D eigenvalue weighted by molar-refractivity contribution is -0.148. The first-order chi connectivity index (χ1) is 8.46. The average molecular weight is 249 g/mol. The molecule has 3 aliphatic rings. The predicted octanol–water partition coefficient (Wildman–Crippen LogP) is 0.946. The van der Waals surface area contributed by atoms with Crippen LogP contribution in [0.5, 0.6) is 0 Å². The van der Waals surface area contributed by atoms with Gasteiger partial charge in [0.25, 0.3) is 11.8 Å². The Kier molecular flexibility index (Phi) is 2.18. The predicted molar refractivity (Wildman–Crippen MR) is 61.4 cm³/mol. The summed E-state index contributed by atoms with van der Waals surface area (Å²) in [7, 11) is 0. The van der Waals surface area contributed by atoms with Crippen molar-refractivity contribution in [2.45, 2.75) is 32.1 Å². The minimum Gasteiger partial charge on any atom is -0.481 e. The standard InChI is InChI=1S/C13H15NO4/c15-9-1-2-10(16)14(9)8-12-3-5-13(7-12,6-4-12)11(17)18/h1-2H,3-8H2,(H,17,18). The number of hydrogen-bond acceptors (Lipinski definition) is 3. The fourth-order valence-electron chi connectivity index (χ4n) is 3.76. The van der Waals surface area contributed by atoms with E-state index in [9.17, 15) is 19.5 Å². The fourth-order valence-corrected chi connectivity index (χ4v) is 3.76. The van der Waals surface area contributed by atoms with Crippen LogP contribution in [0.4, 0.5) is 0 Å². The number of aliphatic carboxylic acids is 1. The van der Waals surface area contributed by atoms with Gasteiger partial charge in [0.15, 0.2) is 0 Å². The molecule has 2 amide bonds. The third-order valence-corrected chi connectivity index (χ3v) is 4.83. The van der Waals surface area contributed by atoms with E-state index in [0.29, 0.717) is 25.8 Å². The monoisotopic (exact) mass is 249 g/mol. The largest absolute Gasteiger partial charge is 0.481 e. The molecule has 1 N–H and O–H groups in total. The molecule has 0 aromatic heterocycles. The summed E-state index contributed by atoms with van der Waals surface area (Å²) < 4.78 is 0. The quantitative estimate of drug-likeness (QED) is 0.755. The van der Waals surface area contributed by atoms with Crippen molar-refractivity contribution >= 4 is 17.8 Å². The van der Waals surface area contributed by atoms with Crippen LogP contribution in [-0.4, -0.2) is 34.3 Å². The van der Waals surface area contributed by atoms with E-state index in [-0.39, 0.29) is 17.2 Å². The van der Waals surface area contributed by atoms with Crippen molar-refractivity contribution in [2.24, 2.45) is 10.8 Å². The van der Waals surface area contributed by atoms with Crippen molar-refractivity contribution in [1.29, 1.82) is 0 Å². The SMILES string of the molecule is O=C1C=CC(=O)N1CC12CCC(C(=O)O)(CC1)C2. The second-order valence-electron chi connectivity index (χ2n) is 5.86. The van der Waals surface area contributed by atoms with E-state index in [1.807, 2.05) is 0 Å². The topological polar surface area (TPSA) is 74.7 Å². The van der Waals surface area contributed by atoms with Crippen LogP contribution >= 0.6 is 0 Å². The highest BCUT2D eigenvalue weighted by Crippen LogP contribution is 2.61. The van der Waals surface area contributed by atoms with Crippen LogP contribution in [0.3, 0.4) is 0 Å². The van der Waals surface area contributed by atoms with Crippen molar-refractivity contribution in [3.05, 3.63) is 12.2 Å². The Labute approximate surface area is 104 Å². The van der Waals surface area contributed by atoms with Crippen molar-refractivity contribution in [1.82, 2.24) is 4.90 Å². The number of rotatable bonds is 3. The van der Waals surface area contributed by atoms with E-state index in [0.717, 1.165) is 12.8 Å². The zero-order chi connectivity index (χ0) is 13.0. The molecule has 0 saturated heterocycles. The molecule has 96 valence electrons. The molecule has 5 heteroatoms. The molecule has 0 aromatic rings. The smallest absolute Gasteiger partial charge is 0.309 e. The molecule has 0 unspecified atom stereocenters. The second kappa shape index (κ2) is 3.43. The number of fused-ring (bicyclic) bond motifs is 2. The van der Waals surface area contributed by atoms with E-state index in [1.165, 1.54) is 17.1 Å². The van der Waals surface area contributed by atoms with Crippen LogP contribution in [0.15, 0.2) is 12.2 Å². The molecule has 0 spiro atoms. The van der Waals surface area contributed by atoms with Gasteiger partial charge in [0, 0.05) is 18.7 Å². The lowest BCUT2D eigenvalue weighted by Crippen LogP contribution is -2.39. The van der Waals surface area contributed by atoms with Gasteiger partial charge in [0.05, 0.1) is 5.41 Å². The second-order valence-corrected chi connectivity index (χ2v) is 5.86. The van der Waals surface area contributed by atoms with E-state index in [4.69, 9.17) is 0 Å². The molecule has 0 radical (unpaired) electrons. The van der Waals surface area contributed by atoms with Crippen molar-refractivity contribution in [3.8, 4) is 0 Å². The summed E-state index contributed by atoms with van der Waals surface area (Å²) >= 11 is 0. The summed E-state index contributed by atoms with van der Waals surface area (Å²) in [6.07, 6.45) is 6.12. The van der Waals surface area contributed by atoms with Gasteiger partial charge in [-0.3, -0.25) is 19.3 Å². The Bertz CT molecular complexity index is 453. The molecule has 1 heterocycles. The van der Waals surface area contributed by atoms with Gasteiger partial charge in [0.1, 0.15) is 0 Å². The molecule has 2 bridgehead atoms. The minimum atomic E-state index is -0.723. The van der Waals surface area contributed by atoms with Gasteiger partial charge in [-0.25, -0.2) is 0 Å². The number of carbonyl (C=O) groups is 3. The molecule has 5 nitrogen and oxygen atoms in total. The number of nitrogens with zero attached hydrogens (tertiary/aromatic N) is 1. The third-order valence-electron chi connectivity index (χ3n) is 4.83. The average Bonchev–Trinajstić information content (AvgIpc) is 2.98. The van der Waals surface area contributed by atoms with Crippen LogP contribution in [-0.2, 0) is 14.4 Å². The first kappa shape index (κ1) is 11.4. The summed E-state index contributed by atoms with van der Waals surface area (Å²) in [4.78, 5) is 35.7. The van der Waals surface area contributed by atoms with Crippen molar-refractivity contribution < 1.29 is 19.5 Å². The Balaban J connectivity index is 1.78. The maximum absolute atomic E-state index is 11.6. The highest BCUT2D eigenvalue weighted by Gasteiger charge is 2.59. The summed E-state index contributed by atoms with van der Waals surface area (Å²) in [6, 6.07) is 0. The van der Waals surface area contributed by atoms with E-state index >= 15 is 0 Å². The number of amides is 2. The number of carboxylic acids is 1.